The predicted octanol–water partition coefficient (Wildman–Crippen LogP) is 8.92. The molecule has 1 aliphatic carbocycles. The summed E-state index contributed by atoms with van der Waals surface area (Å²) in [5, 5.41) is 0. The van der Waals surface area contributed by atoms with Crippen molar-refractivity contribution in [2.24, 2.45) is 0 Å². The van der Waals surface area contributed by atoms with Gasteiger partial charge in [0.25, 0.3) is 0 Å². The van der Waals surface area contributed by atoms with E-state index in [1.165, 1.54) is 66.8 Å². The first-order valence-electron chi connectivity index (χ1n) is 13.4. The van der Waals surface area contributed by atoms with Crippen LogP contribution in [0.2, 0.25) is 0 Å². The third kappa shape index (κ3) is 3.57. The minimum absolute atomic E-state index is 0.308. The Morgan fingerprint density at radius 2 is 0.886 bits per heavy atom. The number of fused-ring (bicyclic) bond motifs is 3. The van der Waals surface area contributed by atoms with Crippen molar-refractivity contribution in [3.63, 3.8) is 0 Å². The molecule has 0 fully saturated rings. The lowest BCUT2D eigenvalue weighted by molar-refractivity contribution is 0.737. The summed E-state index contributed by atoms with van der Waals surface area (Å²) in [6.07, 6.45) is 4.19. The van der Waals surface area contributed by atoms with Crippen molar-refractivity contribution >= 4 is 0 Å². The quantitative estimate of drug-likeness (QED) is 0.238. The third-order valence-electron chi connectivity index (χ3n) is 8.17. The van der Waals surface area contributed by atoms with E-state index < -0.39 is 0 Å². The molecule has 0 spiro atoms. The topological polar surface area (TPSA) is 0 Å². The highest BCUT2D eigenvalue weighted by Crippen LogP contribution is 2.58. The molecule has 0 unspecified atom stereocenters. The second-order valence-electron chi connectivity index (χ2n) is 10.2. The molecule has 0 N–H and O–H groups in total. The molecule has 0 aromatic heterocycles. The van der Waals surface area contributed by atoms with Crippen LogP contribution in [-0.4, -0.2) is 0 Å². The van der Waals surface area contributed by atoms with Gasteiger partial charge in [0, 0.05) is 0 Å². The highest BCUT2D eigenvalue weighted by molar-refractivity contribution is 5.87. The molecular weight excluding hydrogens is 420 g/mol. The normalized spacial score (nSPS) is 13.5. The van der Waals surface area contributed by atoms with Gasteiger partial charge in [0.15, 0.2) is 0 Å². The molecule has 35 heavy (non-hydrogen) atoms. The van der Waals surface area contributed by atoms with Crippen molar-refractivity contribution in [2.45, 2.75) is 72.6 Å². The second-order valence-corrected chi connectivity index (χ2v) is 10.2. The zero-order valence-corrected chi connectivity index (χ0v) is 22.3. The zero-order chi connectivity index (χ0) is 24.7. The van der Waals surface area contributed by atoms with Crippen LogP contribution in [0.4, 0.5) is 0 Å². The van der Waals surface area contributed by atoms with Gasteiger partial charge < -0.3 is 0 Å². The lowest BCUT2D eigenvalue weighted by atomic mass is 9.64. The van der Waals surface area contributed by atoms with Crippen LogP contribution in [0, 0.1) is 13.8 Å². The molecule has 0 atom stereocenters. The summed E-state index contributed by atoms with van der Waals surface area (Å²) in [6.45, 7) is 13.6. The fourth-order valence-electron chi connectivity index (χ4n) is 6.33. The largest absolute Gasteiger partial charge is 0.0719 e. The number of hydrogen-bond donors (Lipinski definition) is 0. The highest BCUT2D eigenvalue weighted by Gasteiger charge is 2.48. The molecule has 0 saturated carbocycles. The standard InChI is InChI=1S/C35H38/c1-7-25-13-17-31(27(9-3)21-25)35(32-18-14-26(8-2)22-28(32)10-4)33-19-23(5)11-15-29(33)30-16-12-24(6)20-34(30)35/h11-22H,7-10H2,1-6H3. The van der Waals surface area contributed by atoms with Gasteiger partial charge in [0.1, 0.15) is 0 Å². The monoisotopic (exact) mass is 458 g/mol. The Hall–Kier alpha value is -3.12. The first kappa shape index (κ1) is 23.6. The summed E-state index contributed by atoms with van der Waals surface area (Å²) in [5.41, 5.74) is 16.7. The van der Waals surface area contributed by atoms with Crippen molar-refractivity contribution in [1.82, 2.24) is 0 Å². The van der Waals surface area contributed by atoms with Crippen LogP contribution in [0.1, 0.15) is 83.3 Å². The Morgan fingerprint density at radius 1 is 0.457 bits per heavy atom. The summed E-state index contributed by atoms with van der Waals surface area (Å²) < 4.78 is 0. The van der Waals surface area contributed by atoms with Crippen LogP contribution >= 0.6 is 0 Å². The van der Waals surface area contributed by atoms with Gasteiger partial charge in [0.2, 0.25) is 0 Å². The molecule has 178 valence electrons. The molecule has 0 aliphatic heterocycles. The molecular formula is C35H38. The smallest absolute Gasteiger partial charge is 0.0613 e. The Bertz CT molecular complexity index is 1290. The van der Waals surface area contributed by atoms with Gasteiger partial charge in [-0.25, -0.2) is 0 Å². The SMILES string of the molecule is CCc1ccc(C2(c3ccc(CC)cc3CC)c3cc(C)ccc3-c3ccc(C)cc32)c(CC)c1. The van der Waals surface area contributed by atoms with Gasteiger partial charge in [-0.1, -0.05) is 112 Å². The molecule has 0 radical (unpaired) electrons. The van der Waals surface area contributed by atoms with Gasteiger partial charge in [-0.15, -0.1) is 0 Å². The Labute approximate surface area is 212 Å². The van der Waals surface area contributed by atoms with Crippen LogP contribution < -0.4 is 0 Å². The van der Waals surface area contributed by atoms with E-state index in [1.54, 1.807) is 0 Å². The molecule has 0 heteroatoms. The average molecular weight is 459 g/mol. The Balaban J connectivity index is 2.01. The summed E-state index contributed by atoms with van der Waals surface area (Å²) in [7, 11) is 0. The number of benzene rings is 4. The minimum atomic E-state index is -0.308. The van der Waals surface area contributed by atoms with Gasteiger partial charge in [-0.3, -0.25) is 0 Å². The molecule has 4 aromatic rings. The number of aryl methyl sites for hydroxylation is 6. The molecule has 0 nitrogen and oxygen atoms in total. The first-order valence-corrected chi connectivity index (χ1v) is 13.4. The minimum Gasteiger partial charge on any atom is -0.0613 e. The summed E-state index contributed by atoms with van der Waals surface area (Å²) in [6, 6.07) is 28.8. The summed E-state index contributed by atoms with van der Waals surface area (Å²) in [5.74, 6) is 0. The van der Waals surface area contributed by atoms with Crippen LogP contribution in [0.3, 0.4) is 0 Å². The molecule has 5 rings (SSSR count). The van der Waals surface area contributed by atoms with E-state index in [4.69, 9.17) is 0 Å². The molecule has 0 saturated heterocycles. The first-order chi connectivity index (χ1) is 17.0. The average Bonchev–Trinajstić information content (AvgIpc) is 3.16. The summed E-state index contributed by atoms with van der Waals surface area (Å²) in [4.78, 5) is 0. The molecule has 1 aliphatic rings. The molecule has 0 bridgehead atoms. The van der Waals surface area contributed by atoms with E-state index in [1.807, 2.05) is 0 Å². The summed E-state index contributed by atoms with van der Waals surface area (Å²) >= 11 is 0. The van der Waals surface area contributed by atoms with Crippen LogP contribution in [0.25, 0.3) is 11.1 Å². The van der Waals surface area contributed by atoms with E-state index in [0.29, 0.717) is 0 Å². The van der Waals surface area contributed by atoms with E-state index in [9.17, 15) is 0 Å². The Morgan fingerprint density at radius 3 is 1.26 bits per heavy atom. The van der Waals surface area contributed by atoms with Gasteiger partial charge in [0.05, 0.1) is 5.41 Å². The van der Waals surface area contributed by atoms with Crippen molar-refractivity contribution in [3.8, 4) is 11.1 Å². The van der Waals surface area contributed by atoms with Crippen molar-refractivity contribution in [1.29, 1.82) is 0 Å². The Kier molecular flexibility index (Phi) is 6.18. The van der Waals surface area contributed by atoms with Gasteiger partial charge in [-0.05, 0) is 95.2 Å². The molecule has 0 amide bonds. The van der Waals surface area contributed by atoms with Crippen molar-refractivity contribution < 1.29 is 0 Å². The van der Waals surface area contributed by atoms with E-state index in [0.717, 1.165) is 25.7 Å². The predicted molar refractivity (Wildman–Crippen MR) is 151 cm³/mol. The fraction of sp³-hybridized carbons (Fsp3) is 0.314. The zero-order valence-electron chi connectivity index (χ0n) is 22.3. The fourth-order valence-corrected chi connectivity index (χ4v) is 6.33. The van der Waals surface area contributed by atoms with E-state index in [-0.39, 0.29) is 5.41 Å². The number of hydrogen-bond acceptors (Lipinski definition) is 0. The van der Waals surface area contributed by atoms with Crippen LogP contribution in [0.5, 0.6) is 0 Å². The van der Waals surface area contributed by atoms with Crippen LogP contribution in [0.15, 0.2) is 72.8 Å². The second kappa shape index (κ2) is 9.15. The number of rotatable bonds is 6. The maximum absolute atomic E-state index is 2.46. The lowest BCUT2D eigenvalue weighted by Gasteiger charge is -2.37. The molecule has 0 heterocycles. The van der Waals surface area contributed by atoms with Crippen molar-refractivity contribution in [3.05, 3.63) is 128 Å². The van der Waals surface area contributed by atoms with Gasteiger partial charge >= 0.3 is 0 Å². The van der Waals surface area contributed by atoms with E-state index in [2.05, 4.69) is 114 Å². The lowest BCUT2D eigenvalue weighted by Crippen LogP contribution is -2.31. The maximum atomic E-state index is 2.46. The highest BCUT2D eigenvalue weighted by atomic mass is 14.5. The van der Waals surface area contributed by atoms with Crippen LogP contribution in [-0.2, 0) is 31.1 Å². The van der Waals surface area contributed by atoms with E-state index >= 15 is 0 Å². The molecule has 4 aromatic carbocycles. The third-order valence-corrected chi connectivity index (χ3v) is 8.17. The van der Waals surface area contributed by atoms with Gasteiger partial charge in [-0.2, -0.15) is 0 Å². The maximum Gasteiger partial charge on any atom is 0.0719 e. The van der Waals surface area contributed by atoms with Crippen molar-refractivity contribution in [2.75, 3.05) is 0 Å².